The lowest BCUT2D eigenvalue weighted by molar-refractivity contribution is -0.141. The highest BCUT2D eigenvalue weighted by Gasteiger charge is 2.26. The van der Waals surface area contributed by atoms with Gasteiger partial charge in [0.25, 0.3) is 0 Å². The number of carbonyl (C=O) groups is 1. The van der Waals surface area contributed by atoms with Gasteiger partial charge < -0.3 is 20.1 Å². The van der Waals surface area contributed by atoms with E-state index in [9.17, 15) is 9.90 Å². The van der Waals surface area contributed by atoms with Crippen molar-refractivity contribution in [2.45, 2.75) is 12.8 Å². The maximum Gasteiger partial charge on any atom is 0.308 e. The van der Waals surface area contributed by atoms with Gasteiger partial charge >= 0.3 is 5.97 Å². The van der Waals surface area contributed by atoms with E-state index in [1.807, 2.05) is 35.2 Å². The zero-order valence-electron chi connectivity index (χ0n) is 13.5. The van der Waals surface area contributed by atoms with E-state index in [4.69, 9.17) is 4.74 Å². The first-order valence-corrected chi connectivity index (χ1v) is 7.86. The van der Waals surface area contributed by atoms with Gasteiger partial charge in [0.15, 0.2) is 0 Å². The number of nitrogens with zero attached hydrogens (tertiary/aromatic N) is 3. The van der Waals surface area contributed by atoms with Crippen molar-refractivity contribution in [2.75, 3.05) is 30.4 Å². The first-order valence-electron chi connectivity index (χ1n) is 7.86. The Hall–Kier alpha value is -2.83. The first kappa shape index (κ1) is 16.0. The Bertz CT molecular complexity index is 722. The first-order chi connectivity index (χ1) is 11.7. The number of carboxylic acids is 1. The van der Waals surface area contributed by atoms with Crippen LogP contribution < -0.4 is 15.0 Å². The highest BCUT2D eigenvalue weighted by Crippen LogP contribution is 2.25. The molecule has 2 aromatic rings. The number of carboxylic acid groups (broad SMARTS) is 1. The lowest BCUT2D eigenvalue weighted by Gasteiger charge is -2.31. The second kappa shape index (κ2) is 7.16. The summed E-state index contributed by atoms with van der Waals surface area (Å²) >= 11 is 0. The molecule has 1 aromatic heterocycles. The molecular weight excluding hydrogens is 308 g/mol. The van der Waals surface area contributed by atoms with Gasteiger partial charge in [-0.25, -0.2) is 9.97 Å². The summed E-state index contributed by atoms with van der Waals surface area (Å²) in [6, 6.07) is 9.40. The van der Waals surface area contributed by atoms with Crippen molar-refractivity contribution in [3.05, 3.63) is 36.7 Å². The minimum Gasteiger partial charge on any atom is -0.497 e. The number of hydrogen-bond donors (Lipinski definition) is 2. The summed E-state index contributed by atoms with van der Waals surface area (Å²) in [5, 5.41) is 12.4. The van der Waals surface area contributed by atoms with Crippen LogP contribution in [0.4, 0.5) is 17.3 Å². The molecule has 1 atom stereocenters. The monoisotopic (exact) mass is 328 g/mol. The minimum absolute atomic E-state index is 0.344. The molecule has 0 unspecified atom stereocenters. The fourth-order valence-electron chi connectivity index (χ4n) is 2.82. The Morgan fingerprint density at radius 2 is 2.25 bits per heavy atom. The summed E-state index contributed by atoms with van der Waals surface area (Å²) in [5.41, 5.74) is 0.862. The molecule has 0 amide bonds. The number of aliphatic carboxylic acids is 1. The van der Waals surface area contributed by atoms with E-state index in [-0.39, 0.29) is 5.92 Å². The van der Waals surface area contributed by atoms with Crippen molar-refractivity contribution >= 4 is 23.3 Å². The van der Waals surface area contributed by atoms with Crippen LogP contribution in [0, 0.1) is 5.92 Å². The normalized spacial score (nSPS) is 17.4. The van der Waals surface area contributed by atoms with E-state index >= 15 is 0 Å². The maximum absolute atomic E-state index is 11.2. The molecule has 1 aliphatic heterocycles. The third-order valence-corrected chi connectivity index (χ3v) is 4.09. The standard InChI is InChI=1S/C17H20N4O3/c1-24-14-6-2-5-13(8-14)20-15-9-16(19-11-18-15)21-7-3-4-12(10-21)17(22)23/h2,5-6,8-9,11-12H,3-4,7,10H2,1H3,(H,22,23)(H,18,19,20)/t12-/m1/s1. The number of nitrogens with one attached hydrogen (secondary N) is 1. The second-order valence-electron chi connectivity index (χ2n) is 5.74. The highest BCUT2D eigenvalue weighted by molar-refractivity contribution is 5.71. The summed E-state index contributed by atoms with van der Waals surface area (Å²) < 4.78 is 5.21. The van der Waals surface area contributed by atoms with E-state index in [2.05, 4.69) is 15.3 Å². The molecule has 0 radical (unpaired) electrons. The fraction of sp³-hybridized carbons (Fsp3) is 0.353. The minimum atomic E-state index is -0.747. The number of methoxy groups -OCH3 is 1. The molecule has 1 aromatic carbocycles. The van der Waals surface area contributed by atoms with Crippen molar-refractivity contribution in [3.8, 4) is 5.75 Å². The Morgan fingerprint density at radius 1 is 1.38 bits per heavy atom. The largest absolute Gasteiger partial charge is 0.497 e. The highest BCUT2D eigenvalue weighted by atomic mass is 16.5. The van der Waals surface area contributed by atoms with Crippen molar-refractivity contribution in [1.29, 1.82) is 0 Å². The van der Waals surface area contributed by atoms with Crippen LogP contribution in [0.15, 0.2) is 36.7 Å². The number of hydrogen-bond acceptors (Lipinski definition) is 6. The van der Waals surface area contributed by atoms with Gasteiger partial charge in [-0.05, 0) is 25.0 Å². The van der Waals surface area contributed by atoms with Gasteiger partial charge in [0, 0.05) is 30.9 Å². The number of ether oxygens (including phenoxy) is 1. The van der Waals surface area contributed by atoms with Crippen molar-refractivity contribution in [2.24, 2.45) is 5.92 Å². The zero-order chi connectivity index (χ0) is 16.9. The molecule has 1 aliphatic rings. The predicted octanol–water partition coefficient (Wildman–Crippen LogP) is 2.53. The van der Waals surface area contributed by atoms with E-state index < -0.39 is 5.97 Å². The van der Waals surface area contributed by atoms with Gasteiger partial charge in [0.2, 0.25) is 0 Å². The third kappa shape index (κ3) is 3.73. The molecule has 1 saturated heterocycles. The molecule has 24 heavy (non-hydrogen) atoms. The van der Waals surface area contributed by atoms with E-state index in [1.165, 1.54) is 6.33 Å². The summed E-state index contributed by atoms with van der Waals surface area (Å²) in [7, 11) is 1.62. The summed E-state index contributed by atoms with van der Waals surface area (Å²) in [6.07, 6.45) is 3.05. The van der Waals surface area contributed by atoms with Crippen LogP contribution in [0.5, 0.6) is 5.75 Å². The predicted molar refractivity (Wildman–Crippen MR) is 90.9 cm³/mol. The van der Waals surface area contributed by atoms with Gasteiger partial charge in [-0.15, -0.1) is 0 Å². The van der Waals surface area contributed by atoms with Crippen LogP contribution in [-0.4, -0.2) is 41.2 Å². The number of anilines is 3. The Kier molecular flexibility index (Phi) is 4.79. The third-order valence-electron chi connectivity index (χ3n) is 4.09. The molecule has 0 bridgehead atoms. The smallest absolute Gasteiger partial charge is 0.308 e. The molecule has 2 N–H and O–H groups in total. The molecular formula is C17H20N4O3. The summed E-state index contributed by atoms with van der Waals surface area (Å²) in [4.78, 5) is 21.7. The SMILES string of the molecule is COc1cccc(Nc2cc(N3CCC[C@@H](C(=O)O)C3)ncn2)c1. The topological polar surface area (TPSA) is 87.6 Å². The second-order valence-corrected chi connectivity index (χ2v) is 5.74. The quantitative estimate of drug-likeness (QED) is 0.872. The number of rotatable bonds is 5. The van der Waals surface area contributed by atoms with Gasteiger partial charge in [0.05, 0.1) is 13.0 Å². The van der Waals surface area contributed by atoms with Crippen LogP contribution in [0.1, 0.15) is 12.8 Å². The van der Waals surface area contributed by atoms with Crippen molar-refractivity contribution in [3.63, 3.8) is 0 Å². The number of benzene rings is 1. The fourth-order valence-corrected chi connectivity index (χ4v) is 2.82. The van der Waals surface area contributed by atoms with Gasteiger partial charge in [-0.2, -0.15) is 0 Å². The summed E-state index contributed by atoms with van der Waals surface area (Å²) in [6.45, 7) is 1.28. The lowest BCUT2D eigenvalue weighted by Crippen LogP contribution is -2.39. The molecule has 7 heteroatoms. The van der Waals surface area contributed by atoms with E-state index in [1.54, 1.807) is 7.11 Å². The molecule has 7 nitrogen and oxygen atoms in total. The van der Waals surface area contributed by atoms with Gasteiger partial charge in [-0.1, -0.05) is 6.07 Å². The van der Waals surface area contributed by atoms with E-state index in [0.29, 0.717) is 18.8 Å². The number of piperidine rings is 1. The van der Waals surface area contributed by atoms with Gasteiger partial charge in [-0.3, -0.25) is 4.79 Å². The van der Waals surface area contributed by atoms with Crippen molar-refractivity contribution in [1.82, 2.24) is 9.97 Å². The molecule has 1 fully saturated rings. The molecule has 3 rings (SSSR count). The average Bonchev–Trinajstić information content (AvgIpc) is 2.62. The lowest BCUT2D eigenvalue weighted by atomic mass is 9.98. The van der Waals surface area contributed by atoms with Gasteiger partial charge in [0.1, 0.15) is 23.7 Å². The molecule has 2 heterocycles. The summed E-state index contributed by atoms with van der Waals surface area (Å²) in [5.74, 6) is 1.06. The van der Waals surface area contributed by atoms with Crippen LogP contribution in [0.25, 0.3) is 0 Å². The average molecular weight is 328 g/mol. The molecule has 0 saturated carbocycles. The Balaban J connectivity index is 1.75. The van der Waals surface area contributed by atoms with Crippen LogP contribution in [0.3, 0.4) is 0 Å². The van der Waals surface area contributed by atoms with Crippen molar-refractivity contribution < 1.29 is 14.6 Å². The Morgan fingerprint density at radius 3 is 3.04 bits per heavy atom. The Labute approximate surface area is 140 Å². The molecule has 0 spiro atoms. The van der Waals surface area contributed by atoms with Crippen LogP contribution in [0.2, 0.25) is 0 Å². The maximum atomic E-state index is 11.2. The zero-order valence-corrected chi connectivity index (χ0v) is 13.5. The van der Waals surface area contributed by atoms with Crippen LogP contribution in [-0.2, 0) is 4.79 Å². The number of aromatic nitrogens is 2. The molecule has 126 valence electrons. The molecule has 0 aliphatic carbocycles. The van der Waals surface area contributed by atoms with Crippen LogP contribution >= 0.6 is 0 Å². The van der Waals surface area contributed by atoms with E-state index in [0.717, 1.165) is 30.2 Å².